The monoisotopic (exact) mass is 429 g/mol. The predicted octanol–water partition coefficient (Wildman–Crippen LogP) is 4.21. The number of benzene rings is 2. The lowest BCUT2D eigenvalue weighted by Crippen LogP contribution is -2.28. The number of amides is 1. The Hall–Kier alpha value is -3.94. The quantitative estimate of drug-likeness (QED) is 0.493. The lowest BCUT2D eigenvalue weighted by Gasteiger charge is -2.25. The van der Waals surface area contributed by atoms with Gasteiger partial charge in [0.25, 0.3) is 5.89 Å². The first-order valence-electron chi connectivity index (χ1n) is 10.5. The molecule has 0 spiro atoms. The number of H-pyrrole nitrogens is 1. The SMILES string of the molecule is COc1ccc(C(C)N2CC(c3noc(-c4cc(-c5ccccc5)n[nH]4)n3)CC2=O)cc1. The summed E-state index contributed by atoms with van der Waals surface area (Å²) in [5.41, 5.74) is 3.50. The number of ether oxygens (including phenoxy) is 1. The number of methoxy groups -OCH3 is 1. The standard InChI is InChI=1S/C24H23N5O3/c1-15(16-8-10-19(31-2)11-9-16)29-14-18(12-22(29)30)23-25-24(32-28-23)21-13-20(26-27-21)17-6-4-3-5-7-17/h3-11,13,15,18H,12,14H2,1-2H3,(H,26,27). The predicted molar refractivity (Wildman–Crippen MR) is 118 cm³/mol. The maximum atomic E-state index is 12.7. The van der Waals surface area contributed by atoms with E-state index in [1.54, 1.807) is 7.11 Å². The van der Waals surface area contributed by atoms with Gasteiger partial charge in [-0.25, -0.2) is 0 Å². The van der Waals surface area contributed by atoms with Crippen molar-refractivity contribution in [2.24, 2.45) is 0 Å². The van der Waals surface area contributed by atoms with Gasteiger partial charge in [-0.1, -0.05) is 47.6 Å². The minimum absolute atomic E-state index is 0.0502. The van der Waals surface area contributed by atoms with Gasteiger partial charge < -0.3 is 14.2 Å². The zero-order valence-electron chi connectivity index (χ0n) is 17.9. The summed E-state index contributed by atoms with van der Waals surface area (Å²) >= 11 is 0. The summed E-state index contributed by atoms with van der Waals surface area (Å²) in [6.45, 7) is 2.57. The number of nitrogens with one attached hydrogen (secondary N) is 1. The molecule has 2 atom stereocenters. The molecule has 2 aromatic carbocycles. The van der Waals surface area contributed by atoms with Gasteiger partial charge in [0, 0.05) is 24.4 Å². The molecule has 1 amide bonds. The first-order valence-corrected chi connectivity index (χ1v) is 10.5. The van der Waals surface area contributed by atoms with E-state index in [1.165, 1.54) is 0 Å². The van der Waals surface area contributed by atoms with Crippen molar-refractivity contribution in [3.63, 3.8) is 0 Å². The van der Waals surface area contributed by atoms with E-state index in [0.717, 1.165) is 22.6 Å². The van der Waals surface area contributed by atoms with E-state index < -0.39 is 0 Å². The van der Waals surface area contributed by atoms with Crippen molar-refractivity contribution in [2.45, 2.75) is 25.3 Å². The van der Waals surface area contributed by atoms with Crippen LogP contribution >= 0.6 is 0 Å². The molecule has 3 heterocycles. The van der Waals surface area contributed by atoms with Crippen LogP contribution in [0.1, 0.15) is 36.7 Å². The Morgan fingerprint density at radius 2 is 1.94 bits per heavy atom. The molecule has 162 valence electrons. The van der Waals surface area contributed by atoms with Crippen molar-refractivity contribution in [1.82, 2.24) is 25.2 Å². The Labute approximate surface area is 185 Å². The minimum atomic E-state index is -0.114. The summed E-state index contributed by atoms with van der Waals surface area (Å²) in [4.78, 5) is 19.1. The van der Waals surface area contributed by atoms with Crippen molar-refractivity contribution in [1.29, 1.82) is 0 Å². The van der Waals surface area contributed by atoms with E-state index in [4.69, 9.17) is 9.26 Å². The average molecular weight is 429 g/mol. The fourth-order valence-corrected chi connectivity index (χ4v) is 4.04. The van der Waals surface area contributed by atoms with Crippen molar-refractivity contribution in [3.8, 4) is 28.6 Å². The van der Waals surface area contributed by atoms with Gasteiger partial charge in [-0.05, 0) is 30.7 Å². The molecule has 1 aliphatic rings. The number of aromatic amines is 1. The van der Waals surface area contributed by atoms with Gasteiger partial charge in [0.1, 0.15) is 11.4 Å². The number of rotatable bonds is 6. The van der Waals surface area contributed by atoms with Crippen LogP contribution in [0.25, 0.3) is 22.8 Å². The van der Waals surface area contributed by atoms with Crippen LogP contribution in [0, 0.1) is 0 Å². The summed E-state index contributed by atoms with van der Waals surface area (Å²) in [7, 11) is 1.64. The average Bonchev–Trinajstić information content (AvgIpc) is 3.58. The highest BCUT2D eigenvalue weighted by molar-refractivity contribution is 5.80. The third-order valence-electron chi connectivity index (χ3n) is 5.91. The van der Waals surface area contributed by atoms with Crippen LogP contribution in [0.2, 0.25) is 0 Å². The van der Waals surface area contributed by atoms with Crippen molar-refractivity contribution in [2.75, 3.05) is 13.7 Å². The summed E-state index contributed by atoms with van der Waals surface area (Å²) in [6.07, 6.45) is 0.359. The second kappa shape index (κ2) is 8.30. The number of hydrogen-bond acceptors (Lipinski definition) is 6. The molecule has 8 nitrogen and oxygen atoms in total. The largest absolute Gasteiger partial charge is 0.497 e. The number of nitrogens with zero attached hydrogens (tertiary/aromatic N) is 4. The molecular weight excluding hydrogens is 406 g/mol. The lowest BCUT2D eigenvalue weighted by molar-refractivity contribution is -0.129. The van der Waals surface area contributed by atoms with Crippen molar-refractivity contribution in [3.05, 3.63) is 72.1 Å². The minimum Gasteiger partial charge on any atom is -0.497 e. The molecule has 1 saturated heterocycles. The maximum Gasteiger partial charge on any atom is 0.275 e. The van der Waals surface area contributed by atoms with E-state index in [1.807, 2.05) is 72.5 Å². The Balaban J connectivity index is 1.30. The van der Waals surface area contributed by atoms with E-state index >= 15 is 0 Å². The van der Waals surface area contributed by atoms with Gasteiger partial charge in [-0.2, -0.15) is 10.1 Å². The maximum absolute atomic E-state index is 12.7. The van der Waals surface area contributed by atoms with Gasteiger partial charge in [0.2, 0.25) is 5.91 Å². The van der Waals surface area contributed by atoms with Crippen molar-refractivity contribution < 1.29 is 14.1 Å². The fourth-order valence-electron chi connectivity index (χ4n) is 4.04. The number of carbonyl (C=O) groups is 1. The Morgan fingerprint density at radius 3 is 2.69 bits per heavy atom. The molecule has 0 radical (unpaired) electrons. The van der Waals surface area contributed by atoms with Gasteiger partial charge in [-0.3, -0.25) is 9.89 Å². The number of carbonyl (C=O) groups excluding carboxylic acids is 1. The van der Waals surface area contributed by atoms with Crippen LogP contribution < -0.4 is 4.74 Å². The zero-order valence-corrected chi connectivity index (χ0v) is 17.9. The summed E-state index contributed by atoms with van der Waals surface area (Å²) < 4.78 is 10.7. The fraction of sp³-hybridized carbons (Fsp3) is 0.250. The molecule has 1 aliphatic heterocycles. The number of likely N-dealkylation sites (tertiary alicyclic amines) is 1. The van der Waals surface area contributed by atoms with Gasteiger partial charge >= 0.3 is 0 Å². The highest BCUT2D eigenvalue weighted by Crippen LogP contribution is 2.34. The van der Waals surface area contributed by atoms with Crippen LogP contribution in [0.4, 0.5) is 0 Å². The summed E-state index contributed by atoms with van der Waals surface area (Å²) in [6, 6.07) is 19.5. The first kappa shape index (κ1) is 20.0. The highest BCUT2D eigenvalue weighted by atomic mass is 16.5. The molecule has 32 heavy (non-hydrogen) atoms. The zero-order chi connectivity index (χ0) is 22.1. The first-order chi connectivity index (χ1) is 15.6. The highest BCUT2D eigenvalue weighted by Gasteiger charge is 2.36. The van der Waals surface area contributed by atoms with E-state index in [-0.39, 0.29) is 17.9 Å². The molecule has 2 unspecified atom stereocenters. The second-order valence-corrected chi connectivity index (χ2v) is 7.89. The Morgan fingerprint density at radius 1 is 1.16 bits per heavy atom. The molecule has 0 saturated carbocycles. The summed E-state index contributed by atoms with van der Waals surface area (Å²) in [5, 5.41) is 11.4. The number of hydrogen-bond donors (Lipinski definition) is 1. The van der Waals surface area contributed by atoms with Crippen LogP contribution in [0.15, 0.2) is 65.2 Å². The van der Waals surface area contributed by atoms with Crippen LogP contribution in [0.3, 0.4) is 0 Å². The van der Waals surface area contributed by atoms with Gasteiger partial charge in [0.05, 0.1) is 18.8 Å². The molecule has 1 N–H and O–H groups in total. The van der Waals surface area contributed by atoms with E-state index in [2.05, 4.69) is 20.3 Å². The van der Waals surface area contributed by atoms with Crippen LogP contribution in [-0.4, -0.2) is 44.8 Å². The molecular formula is C24H23N5O3. The summed E-state index contributed by atoms with van der Waals surface area (Å²) in [5.74, 6) is 1.66. The molecule has 0 aliphatic carbocycles. The van der Waals surface area contributed by atoms with Gasteiger partial charge in [0.15, 0.2) is 5.82 Å². The molecule has 2 aromatic heterocycles. The van der Waals surface area contributed by atoms with Crippen LogP contribution in [0.5, 0.6) is 5.75 Å². The number of aromatic nitrogens is 4. The second-order valence-electron chi connectivity index (χ2n) is 7.89. The van der Waals surface area contributed by atoms with Gasteiger partial charge in [-0.15, -0.1) is 0 Å². The third kappa shape index (κ3) is 3.75. The third-order valence-corrected chi connectivity index (χ3v) is 5.91. The Kier molecular flexibility index (Phi) is 5.18. The molecule has 5 rings (SSSR count). The molecule has 4 aromatic rings. The van der Waals surface area contributed by atoms with E-state index in [0.29, 0.717) is 30.4 Å². The topological polar surface area (TPSA) is 97.1 Å². The smallest absolute Gasteiger partial charge is 0.275 e. The molecule has 1 fully saturated rings. The van der Waals surface area contributed by atoms with Crippen molar-refractivity contribution >= 4 is 5.91 Å². The Bertz CT molecular complexity index is 1220. The molecule has 0 bridgehead atoms. The lowest BCUT2D eigenvalue weighted by atomic mass is 10.1. The normalized spacial score (nSPS) is 17.0. The van der Waals surface area contributed by atoms with Crippen LogP contribution in [-0.2, 0) is 4.79 Å². The molecule has 8 heteroatoms. The van der Waals surface area contributed by atoms with E-state index in [9.17, 15) is 4.79 Å².